The van der Waals surface area contributed by atoms with Crippen molar-refractivity contribution >= 4 is 5.97 Å². The third kappa shape index (κ3) is 9.77. The van der Waals surface area contributed by atoms with Crippen LogP contribution < -0.4 is 5.32 Å². The summed E-state index contributed by atoms with van der Waals surface area (Å²) < 4.78 is 44.4. The fourth-order valence-electron chi connectivity index (χ4n) is 4.85. The molecule has 0 spiro atoms. The lowest BCUT2D eigenvalue weighted by molar-refractivity contribution is -0.138. The summed E-state index contributed by atoms with van der Waals surface area (Å²) in [5.74, 6) is -0.215. The average molecular weight is 560 g/mol. The van der Waals surface area contributed by atoms with Crippen LogP contribution in [0.2, 0.25) is 0 Å². The third-order valence-electron chi connectivity index (χ3n) is 7.23. The van der Waals surface area contributed by atoms with Crippen molar-refractivity contribution < 1.29 is 27.6 Å². The Kier molecular flexibility index (Phi) is 12.2. The van der Waals surface area contributed by atoms with Gasteiger partial charge >= 0.3 is 12.1 Å². The number of carboxylic acid groups (broad SMARTS) is 1. The summed E-state index contributed by atoms with van der Waals surface area (Å²) in [5.41, 5.74) is 1.48. The summed E-state index contributed by atoms with van der Waals surface area (Å²) >= 11 is 0. The lowest BCUT2D eigenvalue weighted by Gasteiger charge is -2.26. The Balaban J connectivity index is 1.59. The van der Waals surface area contributed by atoms with E-state index in [1.54, 1.807) is 0 Å². The van der Waals surface area contributed by atoms with Crippen molar-refractivity contribution in [3.63, 3.8) is 0 Å². The van der Waals surface area contributed by atoms with Crippen LogP contribution >= 0.6 is 0 Å². The van der Waals surface area contributed by atoms with Gasteiger partial charge in [0.25, 0.3) is 5.89 Å². The normalized spacial score (nSPS) is 13.3. The van der Waals surface area contributed by atoms with Crippen LogP contribution in [0, 0.1) is 0 Å². The molecule has 1 heterocycles. The number of unbranched alkanes of at least 4 members (excludes halogenated alkanes) is 8. The van der Waals surface area contributed by atoms with Gasteiger partial charge in [0, 0.05) is 23.9 Å². The molecular formula is C31H40F3N3O3. The maximum absolute atomic E-state index is 13.0. The van der Waals surface area contributed by atoms with E-state index in [4.69, 9.17) is 4.52 Å². The van der Waals surface area contributed by atoms with E-state index in [1.165, 1.54) is 57.1 Å². The van der Waals surface area contributed by atoms with Gasteiger partial charge in [0.15, 0.2) is 5.82 Å². The second kappa shape index (κ2) is 15.6. The van der Waals surface area contributed by atoms with Gasteiger partial charge in [0.2, 0.25) is 0 Å². The number of halogens is 3. The molecule has 0 radical (unpaired) electrons. The number of aliphatic carboxylic acids is 1. The molecule has 3 rings (SSSR count). The van der Waals surface area contributed by atoms with E-state index in [9.17, 15) is 23.1 Å². The van der Waals surface area contributed by atoms with Crippen LogP contribution in [0.4, 0.5) is 13.2 Å². The molecule has 2 atom stereocenters. The molecule has 40 heavy (non-hydrogen) atoms. The zero-order valence-electron chi connectivity index (χ0n) is 23.3. The van der Waals surface area contributed by atoms with Crippen LogP contribution in [-0.2, 0) is 17.4 Å². The standard InChI is InChI=1S/C31H40F3N3O3/c1-3-4-5-6-7-8-9-10-11-12-27-36-30(40-37-27)25-15-13-24(14-16-25)29(35-21-28(38)39)22(2)23-17-19-26(20-18-23)31(32,33)34/h13-20,22,29,35H,3-12,21H2,1-2H3,(H,38,39)/t22-,29?/m0/s1. The summed E-state index contributed by atoms with van der Waals surface area (Å²) in [6.45, 7) is 3.79. The first kappa shape index (κ1) is 31.3. The molecule has 218 valence electrons. The largest absolute Gasteiger partial charge is 0.480 e. The van der Waals surface area contributed by atoms with E-state index < -0.39 is 23.8 Å². The van der Waals surface area contributed by atoms with Crippen molar-refractivity contribution in [1.29, 1.82) is 0 Å². The van der Waals surface area contributed by atoms with Crippen molar-refractivity contribution in [2.75, 3.05) is 6.54 Å². The Hall–Kier alpha value is -3.20. The first-order valence-electron chi connectivity index (χ1n) is 14.2. The predicted octanol–water partition coefficient (Wildman–Crippen LogP) is 8.35. The van der Waals surface area contributed by atoms with Crippen LogP contribution in [0.3, 0.4) is 0 Å². The Bertz CT molecular complexity index is 1160. The summed E-state index contributed by atoms with van der Waals surface area (Å²) in [6, 6.07) is 11.9. The molecule has 0 fully saturated rings. The minimum absolute atomic E-state index is 0.288. The van der Waals surface area contributed by atoms with Gasteiger partial charge in [-0.05, 0) is 41.8 Å². The highest BCUT2D eigenvalue weighted by Gasteiger charge is 2.30. The maximum atomic E-state index is 13.0. The van der Waals surface area contributed by atoms with E-state index >= 15 is 0 Å². The third-order valence-corrected chi connectivity index (χ3v) is 7.23. The highest BCUT2D eigenvalue weighted by molar-refractivity contribution is 5.69. The van der Waals surface area contributed by atoms with Gasteiger partial charge in [-0.25, -0.2) is 0 Å². The molecule has 0 saturated carbocycles. The number of aromatic nitrogens is 2. The second-order valence-corrected chi connectivity index (χ2v) is 10.4. The number of carboxylic acids is 1. The van der Waals surface area contributed by atoms with Crippen LogP contribution in [0.5, 0.6) is 0 Å². The molecular weight excluding hydrogens is 519 g/mol. The predicted molar refractivity (Wildman–Crippen MR) is 149 cm³/mol. The van der Waals surface area contributed by atoms with Gasteiger partial charge in [-0.3, -0.25) is 10.1 Å². The molecule has 0 amide bonds. The number of carbonyl (C=O) groups is 1. The summed E-state index contributed by atoms with van der Waals surface area (Å²) in [7, 11) is 0. The number of nitrogens with one attached hydrogen (secondary N) is 1. The van der Waals surface area contributed by atoms with E-state index in [0.29, 0.717) is 17.3 Å². The van der Waals surface area contributed by atoms with E-state index in [0.717, 1.165) is 42.5 Å². The quantitative estimate of drug-likeness (QED) is 0.162. The van der Waals surface area contributed by atoms with Gasteiger partial charge in [-0.1, -0.05) is 94.6 Å². The van der Waals surface area contributed by atoms with Crippen molar-refractivity contribution in [2.24, 2.45) is 0 Å². The molecule has 2 aromatic carbocycles. The molecule has 2 N–H and O–H groups in total. The maximum Gasteiger partial charge on any atom is 0.416 e. The van der Waals surface area contributed by atoms with E-state index in [1.807, 2.05) is 31.2 Å². The minimum atomic E-state index is -4.42. The zero-order chi connectivity index (χ0) is 29.0. The highest BCUT2D eigenvalue weighted by Crippen LogP contribution is 2.34. The number of benzene rings is 2. The fourth-order valence-corrected chi connectivity index (χ4v) is 4.85. The SMILES string of the molecule is CCCCCCCCCCCc1noc(-c2ccc(C(NCC(=O)O)[C@@H](C)c3ccc(C(F)(F)F)cc3)cc2)n1. The molecule has 0 aliphatic carbocycles. The number of hydrogen-bond acceptors (Lipinski definition) is 5. The molecule has 0 saturated heterocycles. The number of aryl methyl sites for hydroxylation is 1. The van der Waals surface area contributed by atoms with Gasteiger partial charge in [-0.15, -0.1) is 0 Å². The van der Waals surface area contributed by atoms with Gasteiger partial charge in [0.1, 0.15) is 0 Å². The molecule has 1 aromatic heterocycles. The van der Waals surface area contributed by atoms with Crippen molar-refractivity contribution in [3.05, 3.63) is 71.0 Å². The van der Waals surface area contributed by atoms with Crippen LogP contribution in [0.1, 0.15) is 106 Å². The lowest BCUT2D eigenvalue weighted by atomic mass is 9.87. The number of nitrogens with zero attached hydrogens (tertiary/aromatic N) is 2. The molecule has 9 heteroatoms. The van der Waals surface area contributed by atoms with Crippen molar-refractivity contribution in [2.45, 2.75) is 96.2 Å². The first-order chi connectivity index (χ1) is 19.2. The Labute approximate surface area is 234 Å². The van der Waals surface area contributed by atoms with Crippen LogP contribution in [0.15, 0.2) is 53.1 Å². The fraction of sp³-hybridized carbons (Fsp3) is 0.516. The Morgan fingerprint density at radius 3 is 2.05 bits per heavy atom. The van der Waals surface area contributed by atoms with Crippen molar-refractivity contribution in [1.82, 2.24) is 15.5 Å². The zero-order valence-corrected chi connectivity index (χ0v) is 23.3. The Morgan fingerprint density at radius 2 is 1.48 bits per heavy atom. The van der Waals surface area contributed by atoms with Crippen LogP contribution in [0.25, 0.3) is 11.5 Å². The minimum Gasteiger partial charge on any atom is -0.480 e. The average Bonchev–Trinajstić information content (AvgIpc) is 3.41. The van der Waals surface area contributed by atoms with Gasteiger partial charge in [-0.2, -0.15) is 18.2 Å². The number of rotatable bonds is 17. The van der Waals surface area contributed by atoms with Crippen LogP contribution in [-0.4, -0.2) is 27.8 Å². The van der Waals surface area contributed by atoms with Gasteiger partial charge < -0.3 is 9.63 Å². The first-order valence-corrected chi connectivity index (χ1v) is 14.2. The monoisotopic (exact) mass is 559 g/mol. The number of hydrogen-bond donors (Lipinski definition) is 2. The molecule has 6 nitrogen and oxygen atoms in total. The number of alkyl halides is 3. The summed E-state index contributed by atoms with van der Waals surface area (Å²) in [4.78, 5) is 15.8. The van der Waals surface area contributed by atoms with E-state index in [-0.39, 0.29) is 12.5 Å². The van der Waals surface area contributed by atoms with Gasteiger partial charge in [0.05, 0.1) is 12.1 Å². The molecule has 1 unspecified atom stereocenters. The van der Waals surface area contributed by atoms with E-state index in [2.05, 4.69) is 22.4 Å². The molecule has 0 aliphatic rings. The topological polar surface area (TPSA) is 88.2 Å². The summed E-state index contributed by atoms with van der Waals surface area (Å²) in [6.07, 6.45) is 7.57. The molecule has 0 bridgehead atoms. The molecule has 0 aliphatic heterocycles. The highest BCUT2D eigenvalue weighted by atomic mass is 19.4. The smallest absolute Gasteiger partial charge is 0.416 e. The van der Waals surface area contributed by atoms with Crippen molar-refractivity contribution in [3.8, 4) is 11.5 Å². The Morgan fingerprint density at radius 1 is 0.900 bits per heavy atom. The summed E-state index contributed by atoms with van der Waals surface area (Å²) in [5, 5.41) is 16.3. The lowest BCUT2D eigenvalue weighted by Crippen LogP contribution is -2.30. The second-order valence-electron chi connectivity index (χ2n) is 10.4. The molecule has 3 aromatic rings.